The molecule has 2 aromatic heterocycles. The molecule has 1 aliphatic carbocycles. The fourth-order valence-electron chi connectivity index (χ4n) is 6.38. The smallest absolute Gasteiger partial charge is 0.222 e. The number of amides is 1. The van der Waals surface area contributed by atoms with Crippen molar-refractivity contribution in [3.8, 4) is 11.1 Å². The molecule has 4 heterocycles. The predicted octanol–water partition coefficient (Wildman–Crippen LogP) is 5.81. The van der Waals surface area contributed by atoms with Crippen LogP contribution in [0.5, 0.6) is 0 Å². The number of ether oxygens (including phenoxy) is 1. The fourth-order valence-corrected chi connectivity index (χ4v) is 6.38. The first-order valence-corrected chi connectivity index (χ1v) is 14.1. The van der Waals surface area contributed by atoms with E-state index in [9.17, 15) is 4.79 Å². The maximum absolute atomic E-state index is 12.8. The lowest BCUT2D eigenvalue weighted by molar-refractivity contribution is -0.133. The molecule has 0 bridgehead atoms. The van der Waals surface area contributed by atoms with Crippen molar-refractivity contribution >= 4 is 16.9 Å². The lowest BCUT2D eigenvalue weighted by Crippen LogP contribution is -2.40. The van der Waals surface area contributed by atoms with Crippen LogP contribution in [-0.2, 0) is 16.1 Å². The molecule has 0 spiro atoms. The highest BCUT2D eigenvalue weighted by atomic mass is 16.5. The summed E-state index contributed by atoms with van der Waals surface area (Å²) in [6.45, 7) is 3.60. The summed E-state index contributed by atoms with van der Waals surface area (Å²) in [4.78, 5) is 19.7. The van der Waals surface area contributed by atoms with E-state index in [4.69, 9.17) is 9.72 Å². The highest BCUT2D eigenvalue weighted by Crippen LogP contribution is 2.30. The summed E-state index contributed by atoms with van der Waals surface area (Å²) in [5.74, 6) is 1.61. The number of hydrogen-bond donors (Lipinski definition) is 0. The number of carbonyl (C=O) groups excluding carboxylic acids is 1. The molecule has 1 saturated carbocycles. The van der Waals surface area contributed by atoms with Crippen LogP contribution in [-0.4, -0.2) is 49.8 Å². The molecule has 2 aliphatic heterocycles. The van der Waals surface area contributed by atoms with Crippen molar-refractivity contribution in [2.75, 3.05) is 19.7 Å². The first kappa shape index (κ1) is 23.7. The molecule has 1 amide bonds. The first-order valence-electron chi connectivity index (χ1n) is 14.1. The number of benzene rings is 1. The van der Waals surface area contributed by atoms with Gasteiger partial charge in [-0.25, -0.2) is 9.67 Å². The van der Waals surface area contributed by atoms with Crippen LogP contribution in [0, 0.1) is 11.8 Å². The number of imidazole rings is 1. The number of rotatable bonds is 6. The van der Waals surface area contributed by atoms with E-state index < -0.39 is 0 Å². The van der Waals surface area contributed by atoms with E-state index in [1.54, 1.807) is 0 Å². The minimum Gasteiger partial charge on any atom is -0.357 e. The van der Waals surface area contributed by atoms with Gasteiger partial charge in [-0.05, 0) is 74.5 Å². The van der Waals surface area contributed by atoms with Gasteiger partial charge < -0.3 is 14.2 Å². The van der Waals surface area contributed by atoms with Crippen LogP contribution < -0.4 is 0 Å². The van der Waals surface area contributed by atoms with Gasteiger partial charge in [-0.2, -0.15) is 5.10 Å². The molecule has 1 unspecified atom stereocenters. The lowest BCUT2D eigenvalue weighted by Gasteiger charge is -2.33. The number of aromatic nitrogens is 4. The third kappa shape index (κ3) is 5.22. The van der Waals surface area contributed by atoms with E-state index in [-0.39, 0.29) is 6.23 Å². The molecule has 36 heavy (non-hydrogen) atoms. The van der Waals surface area contributed by atoms with Crippen LogP contribution in [0.25, 0.3) is 22.2 Å². The van der Waals surface area contributed by atoms with Crippen molar-refractivity contribution in [2.45, 2.75) is 83.4 Å². The largest absolute Gasteiger partial charge is 0.357 e. The van der Waals surface area contributed by atoms with Crippen LogP contribution in [0.15, 0.2) is 36.9 Å². The van der Waals surface area contributed by atoms with Gasteiger partial charge in [0, 0.05) is 44.4 Å². The molecule has 7 nitrogen and oxygen atoms in total. The normalized spacial score (nSPS) is 22.3. The molecule has 1 aromatic carbocycles. The predicted molar refractivity (Wildman–Crippen MR) is 140 cm³/mol. The maximum Gasteiger partial charge on any atom is 0.222 e. The van der Waals surface area contributed by atoms with Crippen LogP contribution in [0.1, 0.15) is 76.9 Å². The van der Waals surface area contributed by atoms with Crippen molar-refractivity contribution < 1.29 is 9.53 Å². The third-order valence-corrected chi connectivity index (χ3v) is 8.62. The zero-order valence-corrected chi connectivity index (χ0v) is 21.4. The Hall–Kier alpha value is -2.67. The van der Waals surface area contributed by atoms with Crippen LogP contribution in [0.3, 0.4) is 0 Å². The second kappa shape index (κ2) is 10.8. The number of hydrogen-bond acceptors (Lipinski definition) is 4. The highest BCUT2D eigenvalue weighted by Gasteiger charge is 2.26. The minimum absolute atomic E-state index is 0.0596. The van der Waals surface area contributed by atoms with E-state index in [1.807, 2.05) is 17.2 Å². The van der Waals surface area contributed by atoms with Gasteiger partial charge in [-0.3, -0.25) is 4.79 Å². The highest BCUT2D eigenvalue weighted by molar-refractivity contribution is 5.82. The molecular weight excluding hydrogens is 450 g/mol. The summed E-state index contributed by atoms with van der Waals surface area (Å²) >= 11 is 0. The summed E-state index contributed by atoms with van der Waals surface area (Å²) in [6.07, 6.45) is 18.8. The minimum atomic E-state index is 0.0596. The Kier molecular flexibility index (Phi) is 7.08. The third-order valence-electron chi connectivity index (χ3n) is 8.62. The number of piperidine rings is 1. The SMILES string of the molecule is O=C(CC1CCCCC1)N1CCC(Cn2cnc3cc(-c4cnn(C5CCCCO5)c4)ccc32)CC1. The van der Waals surface area contributed by atoms with Gasteiger partial charge in [-0.15, -0.1) is 0 Å². The summed E-state index contributed by atoms with van der Waals surface area (Å²) in [6, 6.07) is 6.53. The molecule has 7 heteroatoms. The van der Waals surface area contributed by atoms with Crippen LogP contribution in [0.2, 0.25) is 0 Å². The first-order chi connectivity index (χ1) is 17.7. The second-order valence-electron chi connectivity index (χ2n) is 11.2. The molecule has 192 valence electrons. The molecular formula is C29H39N5O2. The molecule has 2 saturated heterocycles. The Bertz CT molecular complexity index is 1160. The van der Waals surface area contributed by atoms with Crippen molar-refractivity contribution in [1.29, 1.82) is 0 Å². The standard InChI is InChI=1S/C29H39N5O2/c35-28(16-22-6-2-1-3-7-22)32-13-11-23(12-14-32)19-33-21-30-26-17-24(9-10-27(26)33)25-18-31-34(20-25)29-8-4-5-15-36-29/h9-10,17-18,20-23,29H,1-8,11-16,19H2. The Labute approximate surface area is 213 Å². The maximum atomic E-state index is 12.8. The second-order valence-corrected chi connectivity index (χ2v) is 11.2. The molecule has 3 fully saturated rings. The summed E-state index contributed by atoms with van der Waals surface area (Å²) in [5, 5.41) is 4.57. The van der Waals surface area contributed by atoms with E-state index in [2.05, 4.69) is 39.0 Å². The Morgan fingerprint density at radius 1 is 0.944 bits per heavy atom. The van der Waals surface area contributed by atoms with Gasteiger partial charge in [0.1, 0.15) is 6.23 Å². The molecule has 3 aromatic rings. The van der Waals surface area contributed by atoms with E-state index >= 15 is 0 Å². The van der Waals surface area contributed by atoms with Gasteiger partial charge in [0.2, 0.25) is 5.91 Å². The Morgan fingerprint density at radius 2 is 1.78 bits per heavy atom. The molecule has 6 rings (SSSR count). The molecule has 3 aliphatic rings. The topological polar surface area (TPSA) is 65.2 Å². The van der Waals surface area contributed by atoms with Crippen molar-refractivity contribution in [1.82, 2.24) is 24.2 Å². The quantitative estimate of drug-likeness (QED) is 0.438. The fraction of sp³-hybridized carbons (Fsp3) is 0.621. The van der Waals surface area contributed by atoms with Gasteiger partial charge in [0.05, 0.1) is 23.6 Å². The average molecular weight is 490 g/mol. The van der Waals surface area contributed by atoms with Gasteiger partial charge in [0.25, 0.3) is 0 Å². The van der Waals surface area contributed by atoms with Crippen molar-refractivity contribution in [2.24, 2.45) is 11.8 Å². The van der Waals surface area contributed by atoms with Gasteiger partial charge in [0.15, 0.2) is 0 Å². The Balaban J connectivity index is 1.05. The van der Waals surface area contributed by atoms with E-state index in [0.29, 0.717) is 17.7 Å². The van der Waals surface area contributed by atoms with Gasteiger partial charge >= 0.3 is 0 Å². The van der Waals surface area contributed by atoms with Crippen LogP contribution >= 0.6 is 0 Å². The number of carbonyl (C=O) groups is 1. The molecule has 1 atom stereocenters. The number of nitrogens with zero attached hydrogens (tertiary/aromatic N) is 5. The Morgan fingerprint density at radius 3 is 2.58 bits per heavy atom. The van der Waals surface area contributed by atoms with Gasteiger partial charge in [-0.1, -0.05) is 25.3 Å². The lowest BCUT2D eigenvalue weighted by atomic mass is 9.86. The molecule has 0 N–H and O–H groups in total. The van der Waals surface area contributed by atoms with Crippen molar-refractivity contribution in [3.05, 3.63) is 36.9 Å². The summed E-state index contributed by atoms with van der Waals surface area (Å²) < 4.78 is 10.1. The average Bonchev–Trinajstić information content (AvgIpc) is 3.58. The zero-order chi connectivity index (χ0) is 24.3. The van der Waals surface area contributed by atoms with E-state index in [1.165, 1.54) is 44.0 Å². The van der Waals surface area contributed by atoms with Crippen LogP contribution in [0.4, 0.5) is 0 Å². The molecule has 0 radical (unpaired) electrons. The number of fused-ring (bicyclic) bond motifs is 1. The zero-order valence-electron chi connectivity index (χ0n) is 21.4. The summed E-state index contributed by atoms with van der Waals surface area (Å²) in [5.41, 5.74) is 4.44. The number of likely N-dealkylation sites (tertiary alicyclic amines) is 1. The summed E-state index contributed by atoms with van der Waals surface area (Å²) in [7, 11) is 0. The van der Waals surface area contributed by atoms with Crippen molar-refractivity contribution in [3.63, 3.8) is 0 Å². The monoisotopic (exact) mass is 489 g/mol. The van der Waals surface area contributed by atoms with E-state index in [0.717, 1.165) is 75.0 Å².